The number of methoxy groups -OCH3 is 1. The van der Waals surface area contributed by atoms with Gasteiger partial charge in [-0.1, -0.05) is 6.07 Å². The molecule has 9 heteroatoms. The first-order valence-electron chi connectivity index (χ1n) is 6.76. The van der Waals surface area contributed by atoms with E-state index in [1.54, 1.807) is 25.1 Å². The molecule has 2 aromatic rings. The van der Waals surface area contributed by atoms with E-state index in [1.165, 1.54) is 19.2 Å². The van der Waals surface area contributed by atoms with E-state index in [2.05, 4.69) is 10.1 Å². The van der Waals surface area contributed by atoms with Crippen molar-refractivity contribution in [1.82, 2.24) is 0 Å². The van der Waals surface area contributed by atoms with Gasteiger partial charge >= 0.3 is 5.97 Å². The first kappa shape index (κ1) is 17.4. The molecule has 1 heterocycles. The van der Waals surface area contributed by atoms with Crippen molar-refractivity contribution < 1.29 is 24.0 Å². The highest BCUT2D eigenvalue weighted by molar-refractivity contribution is 7.14. The van der Waals surface area contributed by atoms with E-state index < -0.39 is 16.8 Å². The summed E-state index contributed by atoms with van der Waals surface area (Å²) in [6.07, 6.45) is 0. The topological polar surface area (TPSA) is 108 Å². The fourth-order valence-electron chi connectivity index (χ4n) is 1.82. The van der Waals surface area contributed by atoms with Crippen molar-refractivity contribution in [1.29, 1.82) is 0 Å². The third-order valence-electron chi connectivity index (χ3n) is 2.99. The smallest absolute Gasteiger partial charge is 0.343 e. The standard InChI is InChI=1S/C15H14N2O6S/c1-9-12(17(20)21)7-13(24-9)15(19)16-10-4-3-5-11(6-10)23-8-14(18)22-2/h3-7H,8H2,1-2H3,(H,16,19). The van der Waals surface area contributed by atoms with Crippen LogP contribution in [0.15, 0.2) is 30.3 Å². The second kappa shape index (κ2) is 7.55. The van der Waals surface area contributed by atoms with Crippen molar-refractivity contribution in [2.75, 3.05) is 19.0 Å². The third-order valence-corrected chi connectivity index (χ3v) is 4.03. The number of benzene rings is 1. The van der Waals surface area contributed by atoms with Crippen molar-refractivity contribution in [3.05, 3.63) is 50.2 Å². The molecule has 1 aromatic carbocycles. The van der Waals surface area contributed by atoms with Gasteiger partial charge in [0.25, 0.3) is 11.6 Å². The molecule has 24 heavy (non-hydrogen) atoms. The van der Waals surface area contributed by atoms with E-state index in [9.17, 15) is 19.7 Å². The largest absolute Gasteiger partial charge is 0.482 e. The number of carbonyl (C=O) groups is 2. The number of hydrogen-bond donors (Lipinski definition) is 1. The Kier molecular flexibility index (Phi) is 5.48. The molecule has 1 amide bonds. The highest BCUT2D eigenvalue weighted by Gasteiger charge is 2.19. The summed E-state index contributed by atoms with van der Waals surface area (Å²) in [6.45, 7) is 1.34. The van der Waals surface area contributed by atoms with E-state index in [-0.39, 0.29) is 17.2 Å². The number of nitro groups is 1. The van der Waals surface area contributed by atoms with Crippen molar-refractivity contribution in [3.8, 4) is 5.75 Å². The number of anilines is 1. The lowest BCUT2D eigenvalue weighted by molar-refractivity contribution is -0.385. The maximum atomic E-state index is 12.2. The van der Waals surface area contributed by atoms with Crippen LogP contribution in [0.25, 0.3) is 0 Å². The highest BCUT2D eigenvalue weighted by Crippen LogP contribution is 2.29. The van der Waals surface area contributed by atoms with Crippen molar-refractivity contribution in [2.45, 2.75) is 6.92 Å². The molecule has 0 spiro atoms. The SMILES string of the molecule is COC(=O)COc1cccc(NC(=O)c2cc([N+](=O)[O-])c(C)s2)c1. The van der Waals surface area contributed by atoms with E-state index >= 15 is 0 Å². The maximum Gasteiger partial charge on any atom is 0.343 e. The summed E-state index contributed by atoms with van der Waals surface area (Å²) in [5, 5.41) is 13.5. The molecule has 0 saturated carbocycles. The van der Waals surface area contributed by atoms with Crippen LogP contribution < -0.4 is 10.1 Å². The average molecular weight is 350 g/mol. The fourth-order valence-corrected chi connectivity index (χ4v) is 2.71. The lowest BCUT2D eigenvalue weighted by Gasteiger charge is -2.07. The Labute approximate surface area is 141 Å². The zero-order valence-electron chi connectivity index (χ0n) is 12.9. The van der Waals surface area contributed by atoms with E-state index in [0.717, 1.165) is 11.3 Å². The molecule has 0 aliphatic carbocycles. The predicted molar refractivity (Wildman–Crippen MR) is 87.6 cm³/mol. The molecule has 126 valence electrons. The number of nitrogens with one attached hydrogen (secondary N) is 1. The predicted octanol–water partition coefficient (Wildman–Crippen LogP) is 2.77. The zero-order chi connectivity index (χ0) is 17.7. The zero-order valence-corrected chi connectivity index (χ0v) is 13.7. The monoisotopic (exact) mass is 350 g/mol. The average Bonchev–Trinajstić information content (AvgIpc) is 2.95. The Hall–Kier alpha value is -2.94. The van der Waals surface area contributed by atoms with Gasteiger partial charge in [-0.05, 0) is 19.1 Å². The van der Waals surface area contributed by atoms with Crippen LogP contribution in [0.1, 0.15) is 14.5 Å². The number of esters is 1. The first-order valence-corrected chi connectivity index (χ1v) is 7.58. The summed E-state index contributed by atoms with van der Waals surface area (Å²) in [5.74, 6) is -0.598. The Morgan fingerprint density at radius 1 is 1.33 bits per heavy atom. The molecule has 2 rings (SSSR count). The van der Waals surface area contributed by atoms with Crippen LogP contribution in [0.4, 0.5) is 11.4 Å². The van der Waals surface area contributed by atoms with Crippen molar-refractivity contribution in [3.63, 3.8) is 0 Å². The van der Waals surface area contributed by atoms with E-state index in [4.69, 9.17) is 4.74 Å². The minimum absolute atomic E-state index is 0.0830. The van der Waals surface area contributed by atoms with Gasteiger partial charge < -0.3 is 14.8 Å². The second-order valence-corrected chi connectivity index (χ2v) is 5.91. The quantitative estimate of drug-likeness (QED) is 0.487. The van der Waals surface area contributed by atoms with Crippen LogP contribution in [0.2, 0.25) is 0 Å². The number of hydrogen-bond acceptors (Lipinski definition) is 7. The first-order chi connectivity index (χ1) is 11.4. The second-order valence-electron chi connectivity index (χ2n) is 4.66. The summed E-state index contributed by atoms with van der Waals surface area (Å²) in [7, 11) is 1.25. The van der Waals surface area contributed by atoms with Crippen molar-refractivity contribution in [2.24, 2.45) is 0 Å². The van der Waals surface area contributed by atoms with Crippen LogP contribution in [0.3, 0.4) is 0 Å². The molecule has 1 N–H and O–H groups in total. The maximum absolute atomic E-state index is 12.2. The van der Waals surface area contributed by atoms with Gasteiger partial charge in [0.2, 0.25) is 0 Å². The van der Waals surface area contributed by atoms with E-state index in [1.807, 2.05) is 0 Å². The number of aryl methyl sites for hydroxylation is 1. The number of ether oxygens (including phenoxy) is 2. The van der Waals surface area contributed by atoms with Crippen LogP contribution in [-0.2, 0) is 9.53 Å². The number of rotatable bonds is 6. The fraction of sp³-hybridized carbons (Fsp3) is 0.200. The Morgan fingerprint density at radius 2 is 2.08 bits per heavy atom. The molecule has 0 aliphatic heterocycles. The Balaban J connectivity index is 2.07. The highest BCUT2D eigenvalue weighted by atomic mass is 32.1. The van der Waals surface area contributed by atoms with Gasteiger partial charge in [0, 0.05) is 17.8 Å². The summed E-state index contributed by atoms with van der Waals surface area (Å²) < 4.78 is 9.70. The lowest BCUT2D eigenvalue weighted by Crippen LogP contribution is -2.13. The molecule has 0 saturated heterocycles. The molecule has 0 radical (unpaired) electrons. The number of carbonyl (C=O) groups excluding carboxylic acids is 2. The summed E-state index contributed by atoms with van der Waals surface area (Å²) >= 11 is 1.05. The number of amides is 1. The Morgan fingerprint density at radius 3 is 2.71 bits per heavy atom. The van der Waals surface area contributed by atoms with Gasteiger partial charge in [0.05, 0.1) is 21.8 Å². The molecule has 8 nitrogen and oxygen atoms in total. The van der Waals surface area contributed by atoms with Gasteiger partial charge in [-0.2, -0.15) is 0 Å². The minimum Gasteiger partial charge on any atom is -0.482 e. The van der Waals surface area contributed by atoms with Crippen LogP contribution in [0.5, 0.6) is 5.75 Å². The molecule has 0 atom stereocenters. The summed E-state index contributed by atoms with van der Waals surface area (Å²) in [4.78, 5) is 34.2. The third kappa shape index (κ3) is 4.29. The molecule has 0 bridgehead atoms. The van der Waals surface area contributed by atoms with E-state index in [0.29, 0.717) is 16.3 Å². The van der Waals surface area contributed by atoms with Crippen LogP contribution in [0, 0.1) is 17.0 Å². The van der Waals surface area contributed by atoms with Crippen LogP contribution in [-0.4, -0.2) is 30.5 Å². The summed E-state index contributed by atoms with van der Waals surface area (Å²) in [6, 6.07) is 7.68. The molecule has 1 aromatic heterocycles. The van der Waals surface area contributed by atoms with Gasteiger partial charge in [-0.25, -0.2) is 4.79 Å². The molecule has 0 aliphatic rings. The summed E-state index contributed by atoms with van der Waals surface area (Å²) in [5.41, 5.74) is 0.358. The Bertz CT molecular complexity index is 786. The number of thiophene rings is 1. The van der Waals surface area contributed by atoms with Gasteiger partial charge in [-0.3, -0.25) is 14.9 Å². The van der Waals surface area contributed by atoms with Crippen molar-refractivity contribution >= 4 is 34.6 Å². The van der Waals surface area contributed by atoms with Gasteiger partial charge in [0.15, 0.2) is 6.61 Å². The normalized spacial score (nSPS) is 10.1. The van der Waals surface area contributed by atoms with Gasteiger partial charge in [0.1, 0.15) is 5.75 Å². The number of nitrogens with zero attached hydrogens (tertiary/aromatic N) is 1. The lowest BCUT2D eigenvalue weighted by atomic mass is 10.3. The molecule has 0 fully saturated rings. The molecule has 0 unspecified atom stereocenters. The van der Waals surface area contributed by atoms with Crippen LogP contribution >= 0.6 is 11.3 Å². The van der Waals surface area contributed by atoms with Gasteiger partial charge in [-0.15, -0.1) is 11.3 Å². The molecular weight excluding hydrogens is 336 g/mol. The molecular formula is C15H14N2O6S. The minimum atomic E-state index is -0.524.